The highest BCUT2D eigenvalue weighted by Gasteiger charge is 2.27. The van der Waals surface area contributed by atoms with Gasteiger partial charge in [0, 0.05) is 30.2 Å². The van der Waals surface area contributed by atoms with Crippen LogP contribution in [0.25, 0.3) is 0 Å². The molecule has 9 heteroatoms. The molecule has 1 amide bonds. The number of amides is 1. The molecule has 2 N–H and O–H groups in total. The van der Waals surface area contributed by atoms with E-state index in [2.05, 4.69) is 5.32 Å². The average molecular weight is 560 g/mol. The Bertz CT molecular complexity index is 1490. The largest absolute Gasteiger partial charge is 0.506 e. The summed E-state index contributed by atoms with van der Waals surface area (Å²) < 4.78 is 22.5. The molecule has 0 fully saturated rings. The van der Waals surface area contributed by atoms with Crippen molar-refractivity contribution in [2.75, 3.05) is 13.2 Å². The van der Waals surface area contributed by atoms with Crippen molar-refractivity contribution in [3.8, 4) is 28.7 Å². The number of carbonyl (C=O) groups excluding carboxylic acids is 1. The third-order valence-electron chi connectivity index (χ3n) is 6.26. The van der Waals surface area contributed by atoms with E-state index in [1.165, 1.54) is 0 Å². The Hall–Kier alpha value is -4.69. The monoisotopic (exact) mass is 559 g/mol. The summed E-state index contributed by atoms with van der Waals surface area (Å²) in [6.45, 7) is 0.741. The van der Waals surface area contributed by atoms with E-state index in [9.17, 15) is 9.59 Å². The molecule has 1 aliphatic rings. The van der Waals surface area contributed by atoms with Gasteiger partial charge in [-0.3, -0.25) is 4.79 Å². The summed E-state index contributed by atoms with van der Waals surface area (Å²) in [5, 5.41) is 12.2. The fourth-order valence-corrected chi connectivity index (χ4v) is 4.53. The zero-order chi connectivity index (χ0) is 27.9. The van der Waals surface area contributed by atoms with Crippen molar-refractivity contribution in [1.82, 2.24) is 5.32 Å². The molecule has 0 aromatic heterocycles. The number of rotatable bonds is 9. The zero-order valence-electron chi connectivity index (χ0n) is 21.3. The molecule has 0 aliphatic carbocycles. The fourth-order valence-electron chi connectivity index (χ4n) is 4.32. The molecule has 0 spiro atoms. The highest BCUT2D eigenvalue weighted by Crippen LogP contribution is 2.42. The van der Waals surface area contributed by atoms with Crippen molar-refractivity contribution < 1.29 is 33.6 Å². The van der Waals surface area contributed by atoms with E-state index >= 15 is 0 Å². The van der Waals surface area contributed by atoms with Gasteiger partial charge in [0.2, 0.25) is 0 Å². The number of carbonyl (C=O) groups is 2. The molecule has 0 radical (unpaired) electrons. The van der Waals surface area contributed by atoms with Gasteiger partial charge in [-0.25, -0.2) is 4.79 Å². The van der Waals surface area contributed by atoms with Crippen LogP contribution in [0, 0.1) is 0 Å². The Morgan fingerprint density at radius 3 is 2.38 bits per heavy atom. The molecule has 1 aliphatic heterocycles. The molecule has 204 valence electrons. The SMILES string of the molecule is O=C(O)OC1CCOc2cc(Oc3ccc(C(=O)NCCc4ccccc4Oc4ccccc4)cc3)c(Cl)cc21. The smallest absolute Gasteiger partial charge is 0.493 e. The summed E-state index contributed by atoms with van der Waals surface area (Å²) in [5.41, 5.74) is 2.02. The second-order valence-corrected chi connectivity index (χ2v) is 9.39. The maximum Gasteiger partial charge on any atom is 0.506 e. The number of fused-ring (bicyclic) bond motifs is 1. The lowest BCUT2D eigenvalue weighted by atomic mass is 10.0. The fraction of sp³-hybridized carbons (Fsp3) is 0.161. The molecule has 1 heterocycles. The van der Waals surface area contributed by atoms with Crippen LogP contribution in [-0.4, -0.2) is 30.3 Å². The Morgan fingerprint density at radius 1 is 0.900 bits per heavy atom. The number of hydrogen-bond acceptors (Lipinski definition) is 6. The molecule has 0 bridgehead atoms. The van der Waals surface area contributed by atoms with Crippen LogP contribution in [0.15, 0.2) is 91.0 Å². The van der Waals surface area contributed by atoms with Gasteiger partial charge in [-0.05, 0) is 60.5 Å². The van der Waals surface area contributed by atoms with Crippen LogP contribution in [0.3, 0.4) is 0 Å². The average Bonchev–Trinajstić information content (AvgIpc) is 2.95. The Balaban J connectivity index is 1.18. The minimum absolute atomic E-state index is 0.210. The quantitative estimate of drug-likeness (QED) is 0.206. The topological polar surface area (TPSA) is 103 Å². The highest BCUT2D eigenvalue weighted by molar-refractivity contribution is 6.32. The van der Waals surface area contributed by atoms with Gasteiger partial charge in [0.1, 0.15) is 34.9 Å². The van der Waals surface area contributed by atoms with Crippen molar-refractivity contribution in [3.05, 3.63) is 113 Å². The summed E-state index contributed by atoms with van der Waals surface area (Å²) in [5.74, 6) is 2.55. The molecular weight excluding hydrogens is 534 g/mol. The minimum Gasteiger partial charge on any atom is -0.493 e. The van der Waals surface area contributed by atoms with Crippen molar-refractivity contribution in [2.45, 2.75) is 18.9 Å². The molecule has 8 nitrogen and oxygen atoms in total. The summed E-state index contributed by atoms with van der Waals surface area (Å²) in [7, 11) is 0. The van der Waals surface area contributed by atoms with Gasteiger partial charge < -0.3 is 29.4 Å². The predicted octanol–water partition coefficient (Wildman–Crippen LogP) is 7.42. The summed E-state index contributed by atoms with van der Waals surface area (Å²) in [4.78, 5) is 23.7. The van der Waals surface area contributed by atoms with Crippen LogP contribution < -0.4 is 19.5 Å². The number of hydrogen-bond donors (Lipinski definition) is 2. The number of nitrogens with one attached hydrogen (secondary N) is 1. The van der Waals surface area contributed by atoms with Crippen LogP contribution in [0.4, 0.5) is 4.79 Å². The van der Waals surface area contributed by atoms with Crippen LogP contribution >= 0.6 is 11.6 Å². The minimum atomic E-state index is -1.36. The lowest BCUT2D eigenvalue weighted by Crippen LogP contribution is -2.25. The van der Waals surface area contributed by atoms with E-state index in [0.29, 0.717) is 54.4 Å². The number of halogens is 1. The number of carboxylic acid groups (broad SMARTS) is 1. The zero-order valence-corrected chi connectivity index (χ0v) is 22.1. The molecule has 0 saturated carbocycles. The summed E-state index contributed by atoms with van der Waals surface area (Å²) in [6, 6.07) is 27.2. The highest BCUT2D eigenvalue weighted by atomic mass is 35.5. The van der Waals surface area contributed by atoms with Gasteiger partial charge in [-0.15, -0.1) is 0 Å². The predicted molar refractivity (Wildman–Crippen MR) is 149 cm³/mol. The molecular formula is C31H26ClNO7. The second kappa shape index (κ2) is 12.4. The molecule has 40 heavy (non-hydrogen) atoms. The van der Waals surface area contributed by atoms with Gasteiger partial charge in [0.25, 0.3) is 5.91 Å². The van der Waals surface area contributed by atoms with Crippen molar-refractivity contribution in [3.63, 3.8) is 0 Å². The maximum atomic E-state index is 12.7. The number of benzene rings is 4. The van der Waals surface area contributed by atoms with Gasteiger partial charge >= 0.3 is 6.16 Å². The van der Waals surface area contributed by atoms with E-state index in [4.69, 9.17) is 35.7 Å². The normalized spacial score (nSPS) is 13.9. The molecule has 4 aromatic carbocycles. The van der Waals surface area contributed by atoms with Crippen LogP contribution in [0.2, 0.25) is 5.02 Å². The van der Waals surface area contributed by atoms with Crippen LogP contribution in [0.5, 0.6) is 28.7 Å². The van der Waals surface area contributed by atoms with E-state index in [1.807, 2.05) is 54.6 Å². The number of ether oxygens (including phenoxy) is 4. The summed E-state index contributed by atoms with van der Waals surface area (Å²) in [6.07, 6.45) is -1.02. The van der Waals surface area contributed by atoms with Crippen LogP contribution in [0.1, 0.15) is 34.0 Å². The Morgan fingerprint density at radius 2 is 1.60 bits per heavy atom. The van der Waals surface area contributed by atoms with Crippen molar-refractivity contribution >= 4 is 23.7 Å². The first-order valence-corrected chi connectivity index (χ1v) is 13.1. The van der Waals surface area contributed by atoms with Gasteiger partial charge in [-0.1, -0.05) is 48.0 Å². The molecule has 0 saturated heterocycles. The van der Waals surface area contributed by atoms with E-state index in [0.717, 1.165) is 17.1 Å². The van der Waals surface area contributed by atoms with E-state index < -0.39 is 12.3 Å². The number of para-hydroxylation sites is 2. The van der Waals surface area contributed by atoms with Gasteiger partial charge in [0.05, 0.1) is 11.6 Å². The van der Waals surface area contributed by atoms with Crippen LogP contribution in [-0.2, 0) is 11.2 Å². The van der Waals surface area contributed by atoms with Gasteiger partial charge in [-0.2, -0.15) is 0 Å². The third kappa shape index (κ3) is 6.65. The third-order valence-corrected chi connectivity index (χ3v) is 6.56. The second-order valence-electron chi connectivity index (χ2n) is 8.99. The molecule has 5 rings (SSSR count). The first-order chi connectivity index (χ1) is 19.5. The van der Waals surface area contributed by atoms with Crippen molar-refractivity contribution in [2.24, 2.45) is 0 Å². The standard InChI is InChI=1S/C31H26ClNO7/c32-25-18-24-27(40-31(35)36)15-17-37-28(24)19-29(25)39-23-12-10-21(11-13-23)30(34)33-16-14-20-6-4-5-9-26(20)38-22-7-2-1-3-8-22/h1-13,18-19,27H,14-17H2,(H,33,34)(H,35,36). The Labute approximate surface area is 236 Å². The van der Waals surface area contributed by atoms with E-state index in [-0.39, 0.29) is 10.9 Å². The van der Waals surface area contributed by atoms with Gasteiger partial charge in [0.15, 0.2) is 0 Å². The maximum absolute atomic E-state index is 12.7. The lowest BCUT2D eigenvalue weighted by Gasteiger charge is -2.25. The summed E-state index contributed by atoms with van der Waals surface area (Å²) >= 11 is 6.40. The first kappa shape index (κ1) is 26.9. The van der Waals surface area contributed by atoms with E-state index in [1.54, 1.807) is 36.4 Å². The molecule has 4 aromatic rings. The van der Waals surface area contributed by atoms with Crippen molar-refractivity contribution in [1.29, 1.82) is 0 Å². The molecule has 1 atom stereocenters. The molecule has 1 unspecified atom stereocenters. The Kier molecular flexibility index (Phi) is 8.37. The first-order valence-electron chi connectivity index (χ1n) is 12.7. The lowest BCUT2D eigenvalue weighted by molar-refractivity contribution is 0.0326.